The van der Waals surface area contributed by atoms with Crippen LogP contribution in [0.15, 0.2) is 0 Å². The molecule has 0 aromatic heterocycles. The van der Waals surface area contributed by atoms with Crippen molar-refractivity contribution in [3.8, 4) is 0 Å². The second-order valence-electron chi connectivity index (χ2n) is 4.32. The number of alkyl carbamates (subject to hydrolysis) is 1. The Hall–Kier alpha value is -0.770. The topological polar surface area (TPSA) is 50.9 Å². The number of epoxide rings is 1. The first kappa shape index (κ1) is 9.77. The van der Waals surface area contributed by atoms with Gasteiger partial charge in [0.15, 0.2) is 0 Å². The van der Waals surface area contributed by atoms with Crippen LogP contribution in [-0.4, -0.2) is 30.4 Å². The predicted octanol–water partition coefficient (Wildman–Crippen LogP) is 1.44. The Balaban J connectivity index is 1.71. The number of hydrogen-bond acceptors (Lipinski definition) is 3. The normalized spacial score (nSPS) is 34.9. The van der Waals surface area contributed by atoms with Crippen LogP contribution in [0.4, 0.5) is 4.79 Å². The summed E-state index contributed by atoms with van der Waals surface area (Å²) in [4.78, 5) is 11.3. The van der Waals surface area contributed by atoms with E-state index in [4.69, 9.17) is 9.47 Å². The fourth-order valence-corrected chi connectivity index (χ4v) is 1.95. The lowest BCUT2D eigenvalue weighted by Gasteiger charge is -2.20. The van der Waals surface area contributed by atoms with Crippen molar-refractivity contribution in [1.82, 2.24) is 5.32 Å². The third-order valence-electron chi connectivity index (χ3n) is 2.67. The fourth-order valence-electron chi connectivity index (χ4n) is 1.95. The van der Waals surface area contributed by atoms with Crippen molar-refractivity contribution >= 4 is 6.09 Å². The van der Waals surface area contributed by atoms with Crippen LogP contribution in [0.1, 0.15) is 33.1 Å². The lowest BCUT2D eigenvalue weighted by molar-refractivity contribution is 0.110. The van der Waals surface area contributed by atoms with Crippen molar-refractivity contribution < 1.29 is 14.3 Å². The minimum absolute atomic E-state index is 0.0523. The summed E-state index contributed by atoms with van der Waals surface area (Å²) in [6.07, 6.45) is 3.54. The Kier molecular flexibility index (Phi) is 2.63. The highest BCUT2D eigenvalue weighted by molar-refractivity contribution is 5.67. The molecule has 2 rings (SSSR count). The molecule has 0 bridgehead atoms. The molecule has 0 spiro atoms. The number of amides is 1. The molecule has 0 unspecified atom stereocenters. The van der Waals surface area contributed by atoms with Crippen molar-refractivity contribution in [3.05, 3.63) is 0 Å². The van der Waals surface area contributed by atoms with Gasteiger partial charge in [-0.3, -0.25) is 0 Å². The average Bonchev–Trinajstić information content (AvgIpc) is 2.79. The Bertz CT molecular complexity index is 229. The number of carbonyl (C=O) groups is 1. The molecular weight excluding hydrogens is 182 g/mol. The standard InChI is InChI=1S/C10H17NO3/c1-6(2)13-10(12)11-7-3-4-8-9(5-7)14-8/h6-9H,3-5H2,1-2H3,(H,11,12)/t7-,8+,9-/m1/s1. The van der Waals surface area contributed by atoms with E-state index in [0.29, 0.717) is 12.2 Å². The van der Waals surface area contributed by atoms with Gasteiger partial charge in [0.2, 0.25) is 0 Å². The molecule has 0 aromatic carbocycles. The second kappa shape index (κ2) is 3.77. The van der Waals surface area contributed by atoms with E-state index < -0.39 is 0 Å². The maximum atomic E-state index is 11.3. The summed E-state index contributed by atoms with van der Waals surface area (Å²) in [5, 5.41) is 2.87. The first-order chi connectivity index (χ1) is 6.65. The number of rotatable bonds is 2. The molecule has 1 aliphatic heterocycles. The second-order valence-corrected chi connectivity index (χ2v) is 4.32. The van der Waals surface area contributed by atoms with Gasteiger partial charge in [-0.15, -0.1) is 0 Å². The summed E-state index contributed by atoms with van der Waals surface area (Å²) in [6, 6.07) is 0.241. The van der Waals surface area contributed by atoms with E-state index in [0.717, 1.165) is 19.3 Å². The van der Waals surface area contributed by atoms with Gasteiger partial charge >= 0.3 is 6.09 Å². The first-order valence-corrected chi connectivity index (χ1v) is 5.28. The SMILES string of the molecule is CC(C)OC(=O)N[C@@H]1CC[C@@H]2O[C@@H]2C1. The molecule has 1 heterocycles. The van der Waals surface area contributed by atoms with Gasteiger partial charge in [0, 0.05) is 6.04 Å². The number of nitrogens with one attached hydrogen (secondary N) is 1. The van der Waals surface area contributed by atoms with Crippen LogP contribution in [0.3, 0.4) is 0 Å². The molecule has 1 saturated carbocycles. The van der Waals surface area contributed by atoms with Gasteiger partial charge in [-0.1, -0.05) is 0 Å². The maximum absolute atomic E-state index is 11.3. The van der Waals surface area contributed by atoms with Gasteiger partial charge < -0.3 is 14.8 Å². The van der Waals surface area contributed by atoms with Crippen LogP contribution in [0.5, 0.6) is 0 Å². The number of fused-ring (bicyclic) bond motifs is 1. The van der Waals surface area contributed by atoms with Crippen LogP contribution in [0.2, 0.25) is 0 Å². The highest BCUT2D eigenvalue weighted by Gasteiger charge is 2.44. The third-order valence-corrected chi connectivity index (χ3v) is 2.67. The predicted molar refractivity (Wildman–Crippen MR) is 51.1 cm³/mol. The molecule has 80 valence electrons. The van der Waals surface area contributed by atoms with Crippen LogP contribution in [-0.2, 0) is 9.47 Å². The van der Waals surface area contributed by atoms with Gasteiger partial charge in [0.25, 0.3) is 0 Å². The van der Waals surface area contributed by atoms with E-state index in [9.17, 15) is 4.79 Å². The molecule has 1 N–H and O–H groups in total. The first-order valence-electron chi connectivity index (χ1n) is 5.28. The van der Waals surface area contributed by atoms with Crippen LogP contribution in [0.25, 0.3) is 0 Å². The molecule has 1 aliphatic carbocycles. The molecular formula is C10H17NO3. The molecule has 2 aliphatic rings. The lowest BCUT2D eigenvalue weighted by Crippen LogP contribution is -2.39. The highest BCUT2D eigenvalue weighted by Crippen LogP contribution is 2.36. The van der Waals surface area contributed by atoms with Gasteiger partial charge in [-0.2, -0.15) is 0 Å². The Morgan fingerprint density at radius 1 is 1.43 bits per heavy atom. The molecule has 0 aromatic rings. The van der Waals surface area contributed by atoms with Crippen molar-refractivity contribution in [2.45, 2.75) is 57.5 Å². The quantitative estimate of drug-likeness (QED) is 0.685. The Morgan fingerprint density at radius 3 is 2.86 bits per heavy atom. The van der Waals surface area contributed by atoms with E-state index in [1.54, 1.807) is 0 Å². The number of carbonyl (C=O) groups excluding carboxylic acids is 1. The Labute approximate surface area is 84.0 Å². The average molecular weight is 199 g/mol. The number of hydrogen-bond donors (Lipinski definition) is 1. The third kappa shape index (κ3) is 2.38. The molecule has 1 amide bonds. The molecule has 4 heteroatoms. The summed E-state index contributed by atoms with van der Waals surface area (Å²) in [6.45, 7) is 3.70. The van der Waals surface area contributed by atoms with Crippen molar-refractivity contribution in [2.24, 2.45) is 0 Å². The van der Waals surface area contributed by atoms with Gasteiger partial charge in [-0.25, -0.2) is 4.79 Å². The van der Waals surface area contributed by atoms with E-state index >= 15 is 0 Å². The van der Waals surface area contributed by atoms with E-state index in [-0.39, 0.29) is 18.2 Å². The molecule has 2 fully saturated rings. The fraction of sp³-hybridized carbons (Fsp3) is 0.900. The van der Waals surface area contributed by atoms with Gasteiger partial charge in [-0.05, 0) is 33.1 Å². The summed E-state index contributed by atoms with van der Waals surface area (Å²) < 4.78 is 10.4. The largest absolute Gasteiger partial charge is 0.447 e. The molecule has 14 heavy (non-hydrogen) atoms. The monoisotopic (exact) mass is 199 g/mol. The smallest absolute Gasteiger partial charge is 0.407 e. The van der Waals surface area contributed by atoms with Crippen LogP contribution >= 0.6 is 0 Å². The van der Waals surface area contributed by atoms with Gasteiger partial charge in [0.05, 0.1) is 18.3 Å². The maximum Gasteiger partial charge on any atom is 0.407 e. The Morgan fingerprint density at radius 2 is 2.21 bits per heavy atom. The zero-order valence-electron chi connectivity index (χ0n) is 8.66. The summed E-state index contributed by atoms with van der Waals surface area (Å²) >= 11 is 0. The zero-order chi connectivity index (χ0) is 10.1. The van der Waals surface area contributed by atoms with Crippen LogP contribution in [0, 0.1) is 0 Å². The molecule has 3 atom stereocenters. The van der Waals surface area contributed by atoms with E-state index in [2.05, 4.69) is 5.32 Å². The van der Waals surface area contributed by atoms with Crippen molar-refractivity contribution in [1.29, 1.82) is 0 Å². The summed E-state index contributed by atoms with van der Waals surface area (Å²) in [5.74, 6) is 0. The van der Waals surface area contributed by atoms with E-state index in [1.807, 2.05) is 13.8 Å². The molecule has 0 radical (unpaired) electrons. The minimum Gasteiger partial charge on any atom is -0.447 e. The van der Waals surface area contributed by atoms with Crippen molar-refractivity contribution in [3.63, 3.8) is 0 Å². The zero-order valence-corrected chi connectivity index (χ0v) is 8.66. The molecule has 1 saturated heterocycles. The highest BCUT2D eigenvalue weighted by atomic mass is 16.6. The molecule has 4 nitrogen and oxygen atoms in total. The van der Waals surface area contributed by atoms with Crippen molar-refractivity contribution in [2.75, 3.05) is 0 Å². The minimum atomic E-state index is -0.302. The summed E-state index contributed by atoms with van der Waals surface area (Å²) in [5.41, 5.74) is 0. The summed E-state index contributed by atoms with van der Waals surface area (Å²) in [7, 11) is 0. The van der Waals surface area contributed by atoms with Crippen LogP contribution < -0.4 is 5.32 Å². The van der Waals surface area contributed by atoms with E-state index in [1.165, 1.54) is 0 Å². The lowest BCUT2D eigenvalue weighted by atomic mass is 9.96. The van der Waals surface area contributed by atoms with Gasteiger partial charge in [0.1, 0.15) is 0 Å². The number of ether oxygens (including phenoxy) is 2.